The van der Waals surface area contributed by atoms with E-state index in [1.54, 1.807) is 6.92 Å². The normalized spacial score (nSPS) is 25.3. The van der Waals surface area contributed by atoms with Gasteiger partial charge in [-0.15, -0.1) is 0 Å². The van der Waals surface area contributed by atoms with Crippen LogP contribution in [0, 0.1) is 0 Å². The lowest BCUT2D eigenvalue weighted by atomic mass is 9.96. The molecule has 1 saturated heterocycles. The fraction of sp³-hybridized carbons (Fsp3) is 0.889. The summed E-state index contributed by atoms with van der Waals surface area (Å²) in [6, 6.07) is 1.15. The topological polar surface area (TPSA) is 20.3 Å². The Labute approximate surface area is 68.6 Å². The number of likely N-dealkylation sites (tertiary alicyclic amines) is 1. The van der Waals surface area contributed by atoms with E-state index in [0.29, 0.717) is 17.9 Å². The van der Waals surface area contributed by atoms with Crippen LogP contribution in [0.2, 0.25) is 0 Å². The summed E-state index contributed by atoms with van der Waals surface area (Å²) >= 11 is 0. The molecule has 2 nitrogen and oxygen atoms in total. The molecule has 64 valence electrons. The highest BCUT2D eigenvalue weighted by atomic mass is 16.1. The summed E-state index contributed by atoms with van der Waals surface area (Å²) in [5.41, 5.74) is 0. The summed E-state index contributed by atoms with van der Waals surface area (Å²) in [6.07, 6.45) is 1.95. The standard InChI is InChI=1S/C9H17NO/c1-7(2)10-5-4-9(10)6-8(3)11/h7,9H,4-6H2,1-3H3. The van der Waals surface area contributed by atoms with Gasteiger partial charge in [0, 0.05) is 25.0 Å². The number of hydrogen-bond acceptors (Lipinski definition) is 2. The molecule has 1 fully saturated rings. The third-order valence-electron chi connectivity index (χ3n) is 2.38. The van der Waals surface area contributed by atoms with E-state index in [1.807, 2.05) is 0 Å². The highest BCUT2D eigenvalue weighted by Gasteiger charge is 2.30. The lowest BCUT2D eigenvalue weighted by Crippen LogP contribution is -2.51. The summed E-state index contributed by atoms with van der Waals surface area (Å²) < 4.78 is 0. The predicted molar refractivity (Wildman–Crippen MR) is 45.5 cm³/mol. The van der Waals surface area contributed by atoms with Crippen molar-refractivity contribution in [2.24, 2.45) is 0 Å². The number of hydrogen-bond donors (Lipinski definition) is 0. The molecule has 1 aliphatic heterocycles. The maximum atomic E-state index is 10.8. The van der Waals surface area contributed by atoms with Crippen LogP contribution in [0.3, 0.4) is 0 Å². The van der Waals surface area contributed by atoms with Crippen molar-refractivity contribution in [1.82, 2.24) is 4.90 Å². The first-order valence-electron chi connectivity index (χ1n) is 4.36. The Kier molecular flexibility index (Phi) is 2.66. The molecule has 0 aliphatic carbocycles. The van der Waals surface area contributed by atoms with Crippen LogP contribution in [-0.2, 0) is 4.79 Å². The molecule has 0 spiro atoms. The minimum absolute atomic E-state index is 0.320. The maximum absolute atomic E-state index is 10.8. The molecule has 0 aromatic rings. The molecular formula is C9H17NO. The molecule has 11 heavy (non-hydrogen) atoms. The number of carbonyl (C=O) groups excluding carboxylic acids is 1. The van der Waals surface area contributed by atoms with Crippen LogP contribution in [0.1, 0.15) is 33.6 Å². The second-order valence-electron chi connectivity index (χ2n) is 3.68. The van der Waals surface area contributed by atoms with E-state index in [1.165, 1.54) is 13.0 Å². The van der Waals surface area contributed by atoms with Crippen LogP contribution in [0.15, 0.2) is 0 Å². The van der Waals surface area contributed by atoms with Crippen molar-refractivity contribution in [3.63, 3.8) is 0 Å². The maximum Gasteiger partial charge on any atom is 0.131 e. The molecule has 0 amide bonds. The van der Waals surface area contributed by atoms with Crippen molar-refractivity contribution in [3.05, 3.63) is 0 Å². The monoisotopic (exact) mass is 155 g/mol. The minimum atomic E-state index is 0.320. The molecular weight excluding hydrogens is 138 g/mol. The van der Waals surface area contributed by atoms with Crippen molar-refractivity contribution in [3.8, 4) is 0 Å². The third-order valence-corrected chi connectivity index (χ3v) is 2.38. The van der Waals surface area contributed by atoms with E-state index in [-0.39, 0.29) is 0 Å². The summed E-state index contributed by atoms with van der Waals surface area (Å²) in [6.45, 7) is 7.23. The minimum Gasteiger partial charge on any atom is -0.300 e. The van der Waals surface area contributed by atoms with Gasteiger partial charge < -0.3 is 0 Å². The molecule has 1 rings (SSSR count). The van der Waals surface area contributed by atoms with Gasteiger partial charge in [-0.05, 0) is 27.2 Å². The Morgan fingerprint density at radius 3 is 2.55 bits per heavy atom. The van der Waals surface area contributed by atoms with E-state index in [4.69, 9.17) is 0 Å². The molecule has 1 atom stereocenters. The summed E-state index contributed by atoms with van der Waals surface area (Å²) in [5, 5.41) is 0. The average molecular weight is 155 g/mol. The smallest absolute Gasteiger partial charge is 0.131 e. The van der Waals surface area contributed by atoms with Crippen LogP contribution >= 0.6 is 0 Å². The third kappa shape index (κ3) is 2.03. The number of nitrogens with zero attached hydrogens (tertiary/aromatic N) is 1. The highest BCUT2D eigenvalue weighted by molar-refractivity contribution is 5.76. The van der Waals surface area contributed by atoms with Crippen molar-refractivity contribution in [2.45, 2.75) is 45.7 Å². The Hall–Kier alpha value is -0.370. The Balaban J connectivity index is 2.31. The van der Waals surface area contributed by atoms with Gasteiger partial charge in [-0.25, -0.2) is 0 Å². The van der Waals surface area contributed by atoms with Gasteiger partial charge >= 0.3 is 0 Å². The van der Waals surface area contributed by atoms with E-state index < -0.39 is 0 Å². The number of Topliss-reactive ketones (excluding diaryl/α,β-unsaturated/α-hetero) is 1. The predicted octanol–water partition coefficient (Wildman–Crippen LogP) is 1.45. The van der Waals surface area contributed by atoms with Crippen molar-refractivity contribution >= 4 is 5.78 Å². The van der Waals surface area contributed by atoms with Gasteiger partial charge in [0.25, 0.3) is 0 Å². The van der Waals surface area contributed by atoms with Crippen LogP contribution in [0.25, 0.3) is 0 Å². The number of carbonyl (C=O) groups is 1. The van der Waals surface area contributed by atoms with Gasteiger partial charge in [0.2, 0.25) is 0 Å². The van der Waals surface area contributed by atoms with Crippen molar-refractivity contribution < 1.29 is 4.79 Å². The molecule has 0 radical (unpaired) electrons. The zero-order valence-electron chi connectivity index (χ0n) is 7.63. The van der Waals surface area contributed by atoms with E-state index in [2.05, 4.69) is 18.7 Å². The van der Waals surface area contributed by atoms with Gasteiger partial charge in [-0.3, -0.25) is 9.69 Å². The molecule has 0 aromatic heterocycles. The SMILES string of the molecule is CC(=O)CC1CCN1C(C)C. The summed E-state index contributed by atoms with van der Waals surface area (Å²) in [4.78, 5) is 13.2. The summed E-state index contributed by atoms with van der Waals surface area (Å²) in [7, 11) is 0. The van der Waals surface area contributed by atoms with Gasteiger partial charge in [-0.2, -0.15) is 0 Å². The van der Waals surface area contributed by atoms with Crippen LogP contribution < -0.4 is 0 Å². The average Bonchev–Trinajstić information content (AvgIpc) is 1.78. The molecule has 0 bridgehead atoms. The van der Waals surface area contributed by atoms with Gasteiger partial charge in [0.1, 0.15) is 5.78 Å². The Morgan fingerprint density at radius 2 is 2.27 bits per heavy atom. The van der Waals surface area contributed by atoms with Crippen LogP contribution in [-0.4, -0.2) is 29.3 Å². The van der Waals surface area contributed by atoms with Crippen molar-refractivity contribution in [2.75, 3.05) is 6.54 Å². The van der Waals surface area contributed by atoms with Crippen LogP contribution in [0.4, 0.5) is 0 Å². The van der Waals surface area contributed by atoms with E-state index in [9.17, 15) is 4.79 Å². The van der Waals surface area contributed by atoms with E-state index >= 15 is 0 Å². The van der Waals surface area contributed by atoms with Gasteiger partial charge in [-0.1, -0.05) is 0 Å². The fourth-order valence-electron chi connectivity index (χ4n) is 1.69. The largest absolute Gasteiger partial charge is 0.300 e. The second-order valence-corrected chi connectivity index (χ2v) is 3.68. The zero-order valence-corrected chi connectivity index (χ0v) is 7.63. The first-order chi connectivity index (χ1) is 5.11. The molecule has 0 N–H and O–H groups in total. The number of rotatable bonds is 3. The molecule has 0 aromatic carbocycles. The molecule has 2 heteroatoms. The lowest BCUT2D eigenvalue weighted by Gasteiger charge is -2.43. The second kappa shape index (κ2) is 3.35. The van der Waals surface area contributed by atoms with Gasteiger partial charge in [0.15, 0.2) is 0 Å². The molecule has 1 heterocycles. The Morgan fingerprint density at radius 1 is 1.64 bits per heavy atom. The first-order valence-corrected chi connectivity index (χ1v) is 4.36. The zero-order chi connectivity index (χ0) is 8.43. The lowest BCUT2D eigenvalue weighted by molar-refractivity contribution is -0.119. The molecule has 1 aliphatic rings. The summed E-state index contributed by atoms with van der Waals surface area (Å²) in [5.74, 6) is 0.320. The molecule has 1 unspecified atom stereocenters. The highest BCUT2D eigenvalue weighted by Crippen LogP contribution is 2.22. The number of ketones is 1. The van der Waals surface area contributed by atoms with E-state index in [0.717, 1.165) is 6.42 Å². The Bertz CT molecular complexity index is 154. The fourth-order valence-corrected chi connectivity index (χ4v) is 1.69. The van der Waals surface area contributed by atoms with Gasteiger partial charge in [0.05, 0.1) is 0 Å². The quantitative estimate of drug-likeness (QED) is 0.614. The van der Waals surface area contributed by atoms with Crippen LogP contribution in [0.5, 0.6) is 0 Å². The molecule has 0 saturated carbocycles. The first kappa shape index (κ1) is 8.72. The van der Waals surface area contributed by atoms with Crippen molar-refractivity contribution in [1.29, 1.82) is 0 Å².